The second-order valence-electron chi connectivity index (χ2n) is 4.23. The van der Waals surface area contributed by atoms with Crippen LogP contribution < -0.4 is 0 Å². The number of halogens is 1. The molecule has 1 aromatic carbocycles. The number of fused-ring (bicyclic) bond motifs is 1. The van der Waals surface area contributed by atoms with E-state index in [-0.39, 0.29) is 11.3 Å². The molecule has 0 saturated carbocycles. The van der Waals surface area contributed by atoms with Crippen molar-refractivity contribution in [1.82, 2.24) is 4.98 Å². The van der Waals surface area contributed by atoms with Crippen molar-refractivity contribution in [1.29, 1.82) is 0 Å². The Bertz CT molecular complexity index is 566. The molecule has 0 aliphatic rings. The highest BCUT2D eigenvalue weighted by Crippen LogP contribution is 2.30. The van der Waals surface area contributed by atoms with E-state index in [1.54, 1.807) is 13.1 Å². The molecule has 1 heterocycles. The summed E-state index contributed by atoms with van der Waals surface area (Å²) in [7, 11) is 0. The minimum atomic E-state index is -0.233. The third-order valence-corrected chi connectivity index (χ3v) is 3.36. The van der Waals surface area contributed by atoms with Crippen LogP contribution in [-0.2, 0) is 9.53 Å². The molecule has 1 unspecified atom stereocenters. The van der Waals surface area contributed by atoms with Gasteiger partial charge >= 0.3 is 5.97 Å². The quantitative estimate of drug-likeness (QED) is 0.615. The fraction of sp³-hybridized carbons (Fsp3) is 0.333. The van der Waals surface area contributed by atoms with E-state index in [1.807, 2.05) is 30.3 Å². The lowest BCUT2D eigenvalue weighted by Gasteiger charge is -2.11. The first kappa shape index (κ1) is 13.8. The molecule has 0 spiro atoms. The monoisotopic (exact) mass is 277 g/mol. The Morgan fingerprint density at radius 1 is 1.37 bits per heavy atom. The van der Waals surface area contributed by atoms with E-state index in [0.717, 1.165) is 16.5 Å². The molecule has 0 fully saturated rings. The van der Waals surface area contributed by atoms with Crippen LogP contribution in [0.1, 0.15) is 30.7 Å². The lowest BCUT2D eigenvalue weighted by molar-refractivity contribution is -0.143. The molecule has 1 atom stereocenters. The van der Waals surface area contributed by atoms with Crippen molar-refractivity contribution in [2.75, 3.05) is 6.61 Å². The normalized spacial score (nSPS) is 12.3. The molecule has 2 rings (SSSR count). The number of pyridine rings is 1. The third-order valence-electron chi connectivity index (χ3n) is 2.91. The van der Waals surface area contributed by atoms with Crippen molar-refractivity contribution in [3.8, 4) is 0 Å². The van der Waals surface area contributed by atoms with Crippen LogP contribution in [0.15, 0.2) is 36.5 Å². The van der Waals surface area contributed by atoms with Gasteiger partial charge in [0.05, 0.1) is 17.5 Å². The second kappa shape index (κ2) is 6.53. The molecule has 0 bridgehead atoms. The fourth-order valence-electron chi connectivity index (χ4n) is 2.01. The highest BCUT2D eigenvalue weighted by molar-refractivity contribution is 6.21. The number of carbonyl (C=O) groups excluding carboxylic acids is 1. The van der Waals surface area contributed by atoms with Crippen LogP contribution in [0, 0.1) is 0 Å². The summed E-state index contributed by atoms with van der Waals surface area (Å²) in [6, 6.07) is 9.81. The van der Waals surface area contributed by atoms with Crippen molar-refractivity contribution in [2.24, 2.45) is 0 Å². The lowest BCUT2D eigenvalue weighted by atomic mass is 10.0. The molecule has 0 radical (unpaired) electrons. The van der Waals surface area contributed by atoms with Gasteiger partial charge in [0.1, 0.15) is 0 Å². The van der Waals surface area contributed by atoms with Crippen molar-refractivity contribution in [3.05, 3.63) is 42.1 Å². The average molecular weight is 278 g/mol. The van der Waals surface area contributed by atoms with E-state index < -0.39 is 0 Å². The maximum absolute atomic E-state index is 11.3. The summed E-state index contributed by atoms with van der Waals surface area (Å²) < 4.78 is 4.90. The Morgan fingerprint density at radius 3 is 2.95 bits per heavy atom. The van der Waals surface area contributed by atoms with Crippen LogP contribution in [0.4, 0.5) is 0 Å². The molecule has 0 aliphatic carbocycles. The van der Waals surface area contributed by atoms with Gasteiger partial charge in [-0.15, -0.1) is 11.6 Å². The summed E-state index contributed by atoms with van der Waals surface area (Å²) in [5, 5.41) is 0.824. The van der Waals surface area contributed by atoms with Gasteiger partial charge in [-0.05, 0) is 25.0 Å². The van der Waals surface area contributed by atoms with Gasteiger partial charge in [-0.25, -0.2) is 0 Å². The first-order chi connectivity index (χ1) is 9.22. The predicted molar refractivity (Wildman–Crippen MR) is 76.2 cm³/mol. The summed E-state index contributed by atoms with van der Waals surface area (Å²) in [5.74, 6) is -0.207. The van der Waals surface area contributed by atoms with Gasteiger partial charge in [0, 0.05) is 18.0 Å². The number of benzene rings is 1. The molecule has 4 heteroatoms. The van der Waals surface area contributed by atoms with E-state index in [9.17, 15) is 4.79 Å². The molecule has 100 valence electrons. The van der Waals surface area contributed by atoms with Crippen molar-refractivity contribution < 1.29 is 9.53 Å². The number of alkyl halides is 1. The summed E-state index contributed by atoms with van der Waals surface area (Å²) in [6.45, 7) is 2.20. The molecule has 0 amide bonds. The van der Waals surface area contributed by atoms with Gasteiger partial charge in [-0.2, -0.15) is 0 Å². The molecular formula is C15H16ClNO2. The topological polar surface area (TPSA) is 39.2 Å². The number of para-hydroxylation sites is 1. The maximum Gasteiger partial charge on any atom is 0.305 e. The number of aromatic nitrogens is 1. The second-order valence-corrected chi connectivity index (χ2v) is 4.76. The van der Waals surface area contributed by atoms with Gasteiger partial charge in [-0.3, -0.25) is 9.78 Å². The first-order valence-electron chi connectivity index (χ1n) is 6.35. The van der Waals surface area contributed by atoms with Gasteiger partial charge < -0.3 is 4.74 Å². The van der Waals surface area contributed by atoms with Crippen molar-refractivity contribution in [2.45, 2.75) is 25.1 Å². The maximum atomic E-state index is 11.3. The van der Waals surface area contributed by atoms with E-state index in [2.05, 4.69) is 4.98 Å². The Kier molecular flexibility index (Phi) is 4.74. The number of esters is 1. The van der Waals surface area contributed by atoms with Gasteiger partial charge in [0.15, 0.2) is 0 Å². The summed E-state index contributed by atoms with van der Waals surface area (Å²) in [5.41, 5.74) is 1.86. The van der Waals surface area contributed by atoms with Crippen molar-refractivity contribution in [3.63, 3.8) is 0 Å². The summed E-state index contributed by atoms with van der Waals surface area (Å²) in [4.78, 5) is 15.7. The van der Waals surface area contributed by atoms with E-state index in [4.69, 9.17) is 16.3 Å². The molecule has 19 heavy (non-hydrogen) atoms. The lowest BCUT2D eigenvalue weighted by Crippen LogP contribution is -2.05. The first-order valence-corrected chi connectivity index (χ1v) is 6.79. The minimum absolute atomic E-state index is 0.207. The van der Waals surface area contributed by atoms with Crippen LogP contribution in [0.5, 0.6) is 0 Å². The highest BCUT2D eigenvalue weighted by atomic mass is 35.5. The van der Waals surface area contributed by atoms with E-state index >= 15 is 0 Å². The number of hydrogen-bond donors (Lipinski definition) is 0. The summed E-state index contributed by atoms with van der Waals surface area (Å²) in [6.07, 6.45) is 2.63. The van der Waals surface area contributed by atoms with Gasteiger partial charge in [0.25, 0.3) is 0 Å². The molecule has 3 nitrogen and oxygen atoms in total. The third kappa shape index (κ3) is 3.44. The van der Waals surface area contributed by atoms with Gasteiger partial charge in [-0.1, -0.05) is 24.3 Å². The predicted octanol–water partition coefficient (Wildman–Crippen LogP) is 3.86. The van der Waals surface area contributed by atoms with E-state index in [0.29, 0.717) is 19.4 Å². The highest BCUT2D eigenvalue weighted by Gasteiger charge is 2.14. The molecular weight excluding hydrogens is 262 g/mol. The van der Waals surface area contributed by atoms with Gasteiger partial charge in [0.2, 0.25) is 0 Å². The van der Waals surface area contributed by atoms with Crippen LogP contribution in [-0.4, -0.2) is 17.6 Å². The van der Waals surface area contributed by atoms with Crippen LogP contribution in [0.25, 0.3) is 10.9 Å². The Hall–Kier alpha value is -1.61. The zero-order chi connectivity index (χ0) is 13.7. The number of nitrogens with zero attached hydrogens (tertiary/aromatic N) is 1. The fourth-order valence-corrected chi connectivity index (χ4v) is 2.30. The Morgan fingerprint density at radius 2 is 2.16 bits per heavy atom. The SMILES string of the molecule is CCOC(=O)CCC(Cl)c1cccc2cccnc12. The Labute approximate surface area is 117 Å². The molecule has 0 saturated heterocycles. The van der Waals surface area contributed by atoms with E-state index in [1.165, 1.54) is 0 Å². The number of hydrogen-bond acceptors (Lipinski definition) is 3. The number of rotatable bonds is 5. The van der Waals surface area contributed by atoms with Crippen LogP contribution in [0.2, 0.25) is 0 Å². The zero-order valence-corrected chi connectivity index (χ0v) is 11.6. The zero-order valence-electron chi connectivity index (χ0n) is 10.8. The largest absolute Gasteiger partial charge is 0.466 e. The molecule has 2 aromatic rings. The molecule has 0 N–H and O–H groups in total. The average Bonchev–Trinajstić information content (AvgIpc) is 2.44. The van der Waals surface area contributed by atoms with Crippen LogP contribution in [0.3, 0.4) is 0 Å². The molecule has 1 aromatic heterocycles. The van der Waals surface area contributed by atoms with Crippen LogP contribution >= 0.6 is 11.6 Å². The number of carbonyl (C=O) groups is 1. The minimum Gasteiger partial charge on any atom is -0.466 e. The summed E-state index contributed by atoms with van der Waals surface area (Å²) >= 11 is 6.38. The smallest absolute Gasteiger partial charge is 0.305 e. The Balaban J connectivity index is 2.13. The molecule has 0 aliphatic heterocycles. The number of ether oxygens (including phenoxy) is 1. The van der Waals surface area contributed by atoms with Crippen molar-refractivity contribution >= 4 is 28.5 Å². The standard InChI is InChI=1S/C15H16ClNO2/c1-2-19-14(18)9-8-13(16)12-7-3-5-11-6-4-10-17-15(11)12/h3-7,10,13H,2,8-9H2,1H3.